The molecule has 1 fully saturated rings. The maximum Gasteiger partial charge on any atom is 0.198 e. The number of aromatic nitrogens is 3. The fourth-order valence-electron chi connectivity index (χ4n) is 2.89. The summed E-state index contributed by atoms with van der Waals surface area (Å²) >= 11 is 1.48. The lowest BCUT2D eigenvalue weighted by Gasteiger charge is -2.32. The highest BCUT2D eigenvalue weighted by Gasteiger charge is 2.22. The van der Waals surface area contributed by atoms with E-state index in [4.69, 9.17) is 9.15 Å². The number of ether oxygens (including phenoxy) is 1. The molecule has 1 aliphatic heterocycles. The Morgan fingerprint density at radius 2 is 2.08 bits per heavy atom. The Hall–Kier alpha value is -2.09. The molecule has 1 aromatic carbocycles. The van der Waals surface area contributed by atoms with Crippen molar-refractivity contribution >= 4 is 11.8 Å². The Labute approximate surface area is 150 Å². The van der Waals surface area contributed by atoms with Gasteiger partial charge < -0.3 is 13.7 Å². The summed E-state index contributed by atoms with van der Waals surface area (Å²) in [6, 6.07) is 14.4. The van der Waals surface area contributed by atoms with Crippen LogP contribution in [0, 0.1) is 0 Å². The highest BCUT2D eigenvalue weighted by molar-refractivity contribution is 7.99. The van der Waals surface area contributed by atoms with Gasteiger partial charge in [0.1, 0.15) is 12.1 Å². The van der Waals surface area contributed by atoms with Crippen LogP contribution in [-0.4, -0.2) is 39.4 Å². The van der Waals surface area contributed by atoms with Crippen LogP contribution >= 0.6 is 11.8 Å². The Balaban J connectivity index is 1.38. The van der Waals surface area contributed by atoms with E-state index in [1.807, 2.05) is 29.8 Å². The van der Waals surface area contributed by atoms with E-state index >= 15 is 0 Å². The summed E-state index contributed by atoms with van der Waals surface area (Å²) in [6.45, 7) is 3.30. The topological polar surface area (TPSA) is 56.3 Å². The van der Waals surface area contributed by atoms with Crippen LogP contribution in [0.4, 0.5) is 0 Å². The van der Waals surface area contributed by atoms with Crippen molar-refractivity contribution in [1.29, 1.82) is 0 Å². The van der Waals surface area contributed by atoms with E-state index in [9.17, 15) is 0 Å². The third-order valence-corrected chi connectivity index (χ3v) is 5.17. The third kappa shape index (κ3) is 3.95. The first-order valence-electron chi connectivity index (χ1n) is 8.27. The average molecular weight is 356 g/mol. The van der Waals surface area contributed by atoms with E-state index in [1.165, 1.54) is 17.3 Å². The minimum absolute atomic E-state index is 0.123. The second kappa shape index (κ2) is 7.43. The first-order valence-corrected chi connectivity index (χ1v) is 9.09. The van der Waals surface area contributed by atoms with Crippen LogP contribution in [0.5, 0.6) is 0 Å². The molecule has 2 aromatic heterocycles. The summed E-state index contributed by atoms with van der Waals surface area (Å²) in [7, 11) is 1.92. The summed E-state index contributed by atoms with van der Waals surface area (Å²) in [5, 5.41) is 9.60. The summed E-state index contributed by atoms with van der Waals surface area (Å²) in [5.41, 5.74) is 1.23. The number of nitrogens with zero attached hydrogens (tertiary/aromatic N) is 4. The number of hydrogen-bond donors (Lipinski definition) is 0. The molecule has 0 saturated carbocycles. The molecule has 0 spiro atoms. The van der Waals surface area contributed by atoms with Gasteiger partial charge in [-0.2, -0.15) is 0 Å². The van der Waals surface area contributed by atoms with E-state index in [-0.39, 0.29) is 6.10 Å². The Morgan fingerprint density at radius 3 is 2.88 bits per heavy atom. The van der Waals surface area contributed by atoms with Crippen molar-refractivity contribution in [2.45, 2.75) is 22.9 Å². The van der Waals surface area contributed by atoms with Crippen molar-refractivity contribution in [3.8, 4) is 0 Å². The number of morpholine rings is 1. The summed E-state index contributed by atoms with van der Waals surface area (Å²) in [6.07, 6.45) is 1.81. The van der Waals surface area contributed by atoms with Gasteiger partial charge in [-0.3, -0.25) is 4.90 Å². The molecule has 0 amide bonds. The second-order valence-corrected chi connectivity index (χ2v) is 7.02. The van der Waals surface area contributed by atoms with Crippen molar-refractivity contribution in [3.63, 3.8) is 0 Å². The predicted molar refractivity (Wildman–Crippen MR) is 94.2 cm³/mol. The molecule has 1 saturated heterocycles. The molecule has 3 aromatic rings. The van der Waals surface area contributed by atoms with Crippen LogP contribution in [0.25, 0.3) is 0 Å². The normalized spacial score (nSPS) is 18.5. The molecule has 130 valence electrons. The summed E-state index contributed by atoms with van der Waals surface area (Å²) in [5.74, 6) is 0.957. The quantitative estimate of drug-likeness (QED) is 0.700. The number of hydrogen-bond acceptors (Lipinski definition) is 6. The smallest absolute Gasteiger partial charge is 0.198 e. The Bertz CT molecular complexity index is 817. The molecule has 25 heavy (non-hydrogen) atoms. The fraction of sp³-hybridized carbons (Fsp3) is 0.333. The van der Waals surface area contributed by atoms with Gasteiger partial charge in [0.15, 0.2) is 10.2 Å². The van der Waals surface area contributed by atoms with E-state index in [0.717, 1.165) is 42.3 Å². The van der Waals surface area contributed by atoms with Gasteiger partial charge >= 0.3 is 0 Å². The maximum atomic E-state index is 5.96. The van der Waals surface area contributed by atoms with Gasteiger partial charge in [-0.1, -0.05) is 30.3 Å². The zero-order valence-corrected chi connectivity index (χ0v) is 14.9. The number of rotatable bonds is 5. The Kier molecular flexibility index (Phi) is 4.87. The van der Waals surface area contributed by atoms with Crippen molar-refractivity contribution in [1.82, 2.24) is 19.7 Å². The molecule has 1 aliphatic rings. The number of aryl methyl sites for hydroxylation is 1. The molecule has 0 radical (unpaired) electrons. The molecule has 0 N–H and O–H groups in total. The van der Waals surface area contributed by atoms with Crippen molar-refractivity contribution in [2.75, 3.05) is 19.7 Å². The summed E-state index contributed by atoms with van der Waals surface area (Å²) < 4.78 is 13.8. The zero-order chi connectivity index (χ0) is 17.1. The average Bonchev–Trinajstić information content (AvgIpc) is 3.26. The van der Waals surface area contributed by atoms with Gasteiger partial charge in [-0.05, 0) is 29.5 Å². The molecule has 4 rings (SSSR count). The van der Waals surface area contributed by atoms with Gasteiger partial charge in [0.2, 0.25) is 0 Å². The van der Waals surface area contributed by atoms with Crippen LogP contribution < -0.4 is 0 Å². The monoisotopic (exact) mass is 356 g/mol. The SMILES string of the molecule is Cn1cnnc1Sc1ccc(CN2CCOC(c3ccccc3)C2)o1. The predicted octanol–water partition coefficient (Wildman–Crippen LogP) is 3.13. The van der Waals surface area contributed by atoms with Crippen molar-refractivity contribution in [3.05, 3.63) is 60.1 Å². The minimum Gasteiger partial charge on any atom is -0.453 e. The van der Waals surface area contributed by atoms with Gasteiger partial charge in [0.05, 0.1) is 19.3 Å². The Morgan fingerprint density at radius 1 is 1.20 bits per heavy atom. The molecule has 0 aliphatic carbocycles. The highest BCUT2D eigenvalue weighted by Crippen LogP contribution is 2.28. The van der Waals surface area contributed by atoms with Crippen LogP contribution in [0.2, 0.25) is 0 Å². The fourth-order valence-corrected chi connectivity index (χ4v) is 3.63. The first-order chi connectivity index (χ1) is 12.3. The van der Waals surface area contributed by atoms with Crippen LogP contribution in [0.3, 0.4) is 0 Å². The molecular formula is C18H20N4O2S. The van der Waals surface area contributed by atoms with Crippen LogP contribution in [0.1, 0.15) is 17.4 Å². The van der Waals surface area contributed by atoms with Crippen LogP contribution in [-0.2, 0) is 18.3 Å². The van der Waals surface area contributed by atoms with Crippen molar-refractivity contribution in [2.24, 2.45) is 7.05 Å². The van der Waals surface area contributed by atoms with E-state index < -0.39 is 0 Å². The molecule has 1 atom stereocenters. The van der Waals surface area contributed by atoms with Gasteiger partial charge in [0.25, 0.3) is 0 Å². The summed E-state index contributed by atoms with van der Waals surface area (Å²) in [4.78, 5) is 2.37. The molecule has 7 heteroatoms. The molecule has 1 unspecified atom stereocenters. The first kappa shape index (κ1) is 16.4. The molecule has 3 heterocycles. The van der Waals surface area contributed by atoms with Gasteiger partial charge in [-0.25, -0.2) is 0 Å². The largest absolute Gasteiger partial charge is 0.453 e. The lowest BCUT2D eigenvalue weighted by atomic mass is 10.1. The zero-order valence-electron chi connectivity index (χ0n) is 14.0. The molecule has 6 nitrogen and oxygen atoms in total. The van der Waals surface area contributed by atoms with E-state index in [2.05, 4.69) is 39.4 Å². The van der Waals surface area contributed by atoms with Crippen LogP contribution in [0.15, 0.2) is 63.5 Å². The van der Waals surface area contributed by atoms with Crippen molar-refractivity contribution < 1.29 is 9.15 Å². The molecular weight excluding hydrogens is 336 g/mol. The number of benzene rings is 1. The van der Waals surface area contributed by atoms with Gasteiger partial charge in [0, 0.05) is 20.1 Å². The lowest BCUT2D eigenvalue weighted by Crippen LogP contribution is -2.37. The number of furan rings is 1. The minimum atomic E-state index is 0.123. The standard InChI is InChI=1S/C18H20N4O2S/c1-21-13-19-20-18(21)25-17-8-7-15(24-17)11-22-9-10-23-16(12-22)14-5-3-2-4-6-14/h2-8,13,16H,9-12H2,1H3. The maximum absolute atomic E-state index is 5.96. The van der Waals surface area contributed by atoms with Gasteiger partial charge in [-0.15, -0.1) is 10.2 Å². The second-order valence-electron chi connectivity index (χ2n) is 6.05. The van der Waals surface area contributed by atoms with E-state index in [0.29, 0.717) is 0 Å². The third-order valence-electron chi connectivity index (χ3n) is 4.20. The molecule has 0 bridgehead atoms. The van der Waals surface area contributed by atoms with E-state index in [1.54, 1.807) is 6.33 Å². The highest BCUT2D eigenvalue weighted by atomic mass is 32.2. The lowest BCUT2D eigenvalue weighted by molar-refractivity contribution is -0.0349.